The lowest BCUT2D eigenvalue weighted by Crippen LogP contribution is -2.16. The molecule has 4 aromatic rings. The predicted molar refractivity (Wildman–Crippen MR) is 135 cm³/mol. The summed E-state index contributed by atoms with van der Waals surface area (Å²) < 4.78 is 17.3. The second-order valence-electron chi connectivity index (χ2n) is 7.69. The van der Waals surface area contributed by atoms with E-state index >= 15 is 0 Å². The monoisotopic (exact) mass is 478 g/mol. The number of aromatic nitrogens is 1. The molecule has 0 unspecified atom stereocenters. The number of ether oxygens (including phenoxy) is 3. The first-order valence-electron chi connectivity index (χ1n) is 11.1. The molecular formula is C28H22N4O4. The number of pyridine rings is 1. The van der Waals surface area contributed by atoms with Crippen LogP contribution in [0, 0.1) is 22.7 Å². The molecule has 36 heavy (non-hydrogen) atoms. The number of hydrogen-bond acceptors (Lipinski definition) is 7. The zero-order chi connectivity index (χ0) is 25.3. The van der Waals surface area contributed by atoms with Crippen LogP contribution in [0.15, 0.2) is 83.7 Å². The number of nitrogens with zero attached hydrogens (tertiary/aromatic N) is 2. The van der Waals surface area contributed by atoms with Gasteiger partial charge in [0.05, 0.1) is 0 Å². The number of hydrogen-bond donors (Lipinski definition) is 2. The van der Waals surface area contributed by atoms with Crippen molar-refractivity contribution in [3.05, 3.63) is 106 Å². The van der Waals surface area contributed by atoms with E-state index in [1.54, 1.807) is 24.3 Å². The van der Waals surface area contributed by atoms with Crippen LogP contribution in [0.3, 0.4) is 0 Å². The van der Waals surface area contributed by atoms with Crippen molar-refractivity contribution < 1.29 is 14.2 Å². The Morgan fingerprint density at radius 2 is 1.39 bits per heavy atom. The van der Waals surface area contributed by atoms with Crippen molar-refractivity contribution in [3.8, 4) is 40.5 Å². The Labute approximate surface area is 207 Å². The van der Waals surface area contributed by atoms with Gasteiger partial charge in [-0.25, -0.2) is 0 Å². The normalized spacial score (nSPS) is 10.2. The van der Waals surface area contributed by atoms with Crippen molar-refractivity contribution in [1.29, 1.82) is 10.5 Å². The Morgan fingerprint density at radius 1 is 0.750 bits per heavy atom. The first-order valence-corrected chi connectivity index (χ1v) is 11.1. The van der Waals surface area contributed by atoms with Crippen molar-refractivity contribution >= 4 is 5.82 Å². The zero-order valence-corrected chi connectivity index (χ0v) is 19.2. The first-order chi connectivity index (χ1) is 17.6. The van der Waals surface area contributed by atoms with E-state index in [0.717, 1.165) is 11.3 Å². The highest BCUT2D eigenvalue weighted by Crippen LogP contribution is 2.30. The van der Waals surface area contributed by atoms with Gasteiger partial charge in [-0.05, 0) is 47.5 Å². The topological polar surface area (TPSA) is 134 Å². The van der Waals surface area contributed by atoms with Gasteiger partial charge in [0.25, 0.3) is 5.56 Å². The molecule has 8 nitrogen and oxygen atoms in total. The zero-order valence-electron chi connectivity index (χ0n) is 19.2. The van der Waals surface area contributed by atoms with E-state index in [1.807, 2.05) is 66.7 Å². The van der Waals surface area contributed by atoms with Gasteiger partial charge in [0.2, 0.25) is 0 Å². The Hall–Kier alpha value is -5.21. The largest absolute Gasteiger partial charge is 0.490 e. The van der Waals surface area contributed by atoms with Gasteiger partial charge in [0.1, 0.15) is 66.2 Å². The molecule has 3 N–H and O–H groups in total. The van der Waals surface area contributed by atoms with Crippen molar-refractivity contribution in [2.24, 2.45) is 0 Å². The van der Waals surface area contributed by atoms with Crippen molar-refractivity contribution in [2.45, 2.75) is 6.61 Å². The average molecular weight is 479 g/mol. The summed E-state index contributed by atoms with van der Waals surface area (Å²) in [5.41, 5.74) is 6.74. The number of rotatable bonds is 9. The summed E-state index contributed by atoms with van der Waals surface area (Å²) in [6.45, 7) is 1.03. The second-order valence-corrected chi connectivity index (χ2v) is 7.69. The molecule has 0 amide bonds. The Bertz CT molecular complexity index is 1480. The van der Waals surface area contributed by atoms with E-state index in [-0.39, 0.29) is 29.1 Å². The Morgan fingerprint density at radius 3 is 2.06 bits per heavy atom. The van der Waals surface area contributed by atoms with Gasteiger partial charge in [-0.15, -0.1) is 0 Å². The minimum atomic E-state index is -0.653. The molecule has 0 bridgehead atoms. The third-order valence-electron chi connectivity index (χ3n) is 5.28. The van der Waals surface area contributed by atoms with Crippen LogP contribution in [0.4, 0.5) is 5.82 Å². The van der Waals surface area contributed by atoms with E-state index in [2.05, 4.69) is 4.98 Å². The number of benzene rings is 3. The van der Waals surface area contributed by atoms with Gasteiger partial charge in [-0.3, -0.25) is 4.79 Å². The second kappa shape index (κ2) is 11.3. The van der Waals surface area contributed by atoms with Crippen LogP contribution < -0.4 is 25.5 Å². The molecular weight excluding hydrogens is 456 g/mol. The third kappa shape index (κ3) is 5.64. The van der Waals surface area contributed by atoms with Crippen LogP contribution in [0.1, 0.15) is 16.7 Å². The molecule has 0 spiro atoms. The van der Waals surface area contributed by atoms with E-state index in [0.29, 0.717) is 30.3 Å². The summed E-state index contributed by atoms with van der Waals surface area (Å²) >= 11 is 0. The van der Waals surface area contributed by atoms with E-state index in [4.69, 9.17) is 19.9 Å². The Kier molecular flexibility index (Phi) is 7.50. The number of nitrogens with two attached hydrogens (primary N) is 1. The van der Waals surface area contributed by atoms with Crippen LogP contribution in [0.5, 0.6) is 17.2 Å². The van der Waals surface area contributed by atoms with Crippen molar-refractivity contribution in [1.82, 2.24) is 4.98 Å². The molecule has 1 heterocycles. The van der Waals surface area contributed by atoms with Gasteiger partial charge >= 0.3 is 0 Å². The number of nitriles is 2. The third-order valence-corrected chi connectivity index (χ3v) is 5.28. The molecule has 4 rings (SSSR count). The van der Waals surface area contributed by atoms with Gasteiger partial charge in [0, 0.05) is 5.56 Å². The molecule has 0 saturated heterocycles. The van der Waals surface area contributed by atoms with Gasteiger partial charge in [0.15, 0.2) is 0 Å². The van der Waals surface area contributed by atoms with Gasteiger partial charge < -0.3 is 24.9 Å². The van der Waals surface area contributed by atoms with Crippen LogP contribution in [0.25, 0.3) is 11.1 Å². The molecule has 178 valence electrons. The van der Waals surface area contributed by atoms with E-state index in [9.17, 15) is 15.3 Å². The minimum Gasteiger partial charge on any atom is -0.490 e. The lowest BCUT2D eigenvalue weighted by Gasteiger charge is -2.12. The molecule has 0 saturated carbocycles. The molecule has 0 fully saturated rings. The average Bonchev–Trinajstić information content (AvgIpc) is 2.91. The number of nitrogens with one attached hydrogen (secondary N) is 1. The summed E-state index contributed by atoms with van der Waals surface area (Å²) in [4.78, 5) is 14.5. The van der Waals surface area contributed by atoms with Crippen LogP contribution in [-0.4, -0.2) is 18.2 Å². The van der Waals surface area contributed by atoms with E-state index in [1.165, 1.54) is 0 Å². The highest BCUT2D eigenvalue weighted by atomic mass is 16.5. The smallest absolute Gasteiger partial charge is 0.268 e. The number of nitrogen functional groups attached to an aromatic ring is 1. The molecule has 0 aliphatic carbocycles. The molecule has 0 radical (unpaired) electrons. The molecule has 1 aromatic heterocycles. The fourth-order valence-corrected chi connectivity index (χ4v) is 3.57. The summed E-state index contributed by atoms with van der Waals surface area (Å²) in [6.07, 6.45) is 0. The summed E-state index contributed by atoms with van der Waals surface area (Å²) in [5, 5.41) is 19.0. The van der Waals surface area contributed by atoms with Gasteiger partial charge in [-0.2, -0.15) is 10.5 Å². The number of H-pyrrole nitrogens is 1. The molecule has 0 aliphatic rings. The lowest BCUT2D eigenvalue weighted by atomic mass is 9.96. The van der Waals surface area contributed by atoms with Crippen molar-refractivity contribution in [2.75, 3.05) is 18.9 Å². The maximum absolute atomic E-state index is 12.2. The van der Waals surface area contributed by atoms with Crippen LogP contribution >= 0.6 is 0 Å². The predicted octanol–water partition coefficient (Wildman–Crippen LogP) is 4.40. The van der Waals surface area contributed by atoms with Crippen molar-refractivity contribution in [3.63, 3.8) is 0 Å². The fourth-order valence-electron chi connectivity index (χ4n) is 3.57. The summed E-state index contributed by atoms with van der Waals surface area (Å²) in [5.74, 6) is 1.82. The molecule has 8 heteroatoms. The van der Waals surface area contributed by atoms with Gasteiger partial charge in [-0.1, -0.05) is 42.5 Å². The molecule has 3 aromatic carbocycles. The maximum atomic E-state index is 12.2. The minimum absolute atomic E-state index is 0.0304. The SMILES string of the molecule is N#Cc1c(N)[nH]c(=O)c(C#N)c1-c1cccc(OCCOc2ccc(OCc3ccccc3)cc2)c1. The fraction of sp³-hybridized carbons (Fsp3) is 0.107. The number of anilines is 1. The molecule has 0 atom stereocenters. The summed E-state index contributed by atoms with van der Waals surface area (Å²) in [7, 11) is 0. The quantitative estimate of drug-likeness (QED) is 0.340. The Balaban J connectivity index is 1.35. The number of aromatic amines is 1. The molecule has 0 aliphatic heterocycles. The van der Waals surface area contributed by atoms with E-state index < -0.39 is 5.56 Å². The van der Waals surface area contributed by atoms with Crippen LogP contribution in [0.2, 0.25) is 0 Å². The maximum Gasteiger partial charge on any atom is 0.268 e. The first kappa shape index (κ1) is 23.9. The summed E-state index contributed by atoms with van der Waals surface area (Å²) in [6, 6.07) is 27.8. The highest BCUT2D eigenvalue weighted by Gasteiger charge is 2.18. The highest BCUT2D eigenvalue weighted by molar-refractivity contribution is 5.80. The standard InChI is InChI=1S/C28H22N4O4/c29-16-24-26(25(17-30)28(33)32-27(24)31)20-7-4-8-23(15-20)35-14-13-34-21-9-11-22(12-10-21)36-18-19-5-2-1-3-6-19/h1-12,15H,13-14,18H2,(H3,31,32,33). The lowest BCUT2D eigenvalue weighted by molar-refractivity contribution is 0.217. The van der Waals surface area contributed by atoms with Crippen LogP contribution in [-0.2, 0) is 6.61 Å².